The van der Waals surface area contributed by atoms with Crippen molar-refractivity contribution >= 4 is 0 Å². The lowest BCUT2D eigenvalue weighted by atomic mass is 10.2. The normalized spacial score (nSPS) is 11.0. The third-order valence-corrected chi connectivity index (χ3v) is 2.87. The molecule has 0 aliphatic heterocycles. The van der Waals surface area contributed by atoms with Crippen LogP contribution in [0.2, 0.25) is 0 Å². The molecule has 17 heavy (non-hydrogen) atoms. The van der Waals surface area contributed by atoms with Crippen molar-refractivity contribution in [2.45, 2.75) is 25.8 Å². The van der Waals surface area contributed by atoms with Crippen molar-refractivity contribution in [1.82, 2.24) is 9.47 Å². The highest BCUT2D eigenvalue weighted by atomic mass is 16.1. The minimum absolute atomic E-state index is 0.0732. The van der Waals surface area contributed by atoms with Crippen LogP contribution in [0.25, 0.3) is 0 Å². The van der Waals surface area contributed by atoms with Gasteiger partial charge in [-0.3, -0.25) is 4.79 Å². The third-order valence-electron chi connectivity index (χ3n) is 2.87. The lowest BCUT2D eigenvalue weighted by Gasteiger charge is -2.16. The number of pyridine rings is 1. The molecule has 0 fully saturated rings. The van der Waals surface area contributed by atoms with Crippen molar-refractivity contribution in [3.05, 3.63) is 34.7 Å². The first-order valence-corrected chi connectivity index (χ1v) is 6.28. The second-order valence-corrected chi connectivity index (χ2v) is 4.38. The molecule has 0 spiro atoms. The van der Waals surface area contributed by atoms with Crippen LogP contribution in [0, 0.1) is 0 Å². The van der Waals surface area contributed by atoms with Gasteiger partial charge in [-0.15, -0.1) is 0 Å². The van der Waals surface area contributed by atoms with Gasteiger partial charge in [0.1, 0.15) is 0 Å². The molecule has 0 saturated carbocycles. The predicted octanol–water partition coefficient (Wildman–Crippen LogP) is 0.909. The molecule has 1 aromatic rings. The summed E-state index contributed by atoms with van der Waals surface area (Å²) in [7, 11) is 2.09. The van der Waals surface area contributed by atoms with Crippen LogP contribution in [0.15, 0.2) is 29.2 Å². The van der Waals surface area contributed by atoms with E-state index in [1.165, 1.54) is 12.8 Å². The van der Waals surface area contributed by atoms with E-state index in [9.17, 15) is 4.79 Å². The summed E-state index contributed by atoms with van der Waals surface area (Å²) in [5, 5.41) is 0. The number of nitrogens with zero attached hydrogens (tertiary/aromatic N) is 2. The van der Waals surface area contributed by atoms with E-state index in [1.54, 1.807) is 16.7 Å². The summed E-state index contributed by atoms with van der Waals surface area (Å²) in [5.41, 5.74) is 5.52. The molecule has 1 aromatic heterocycles. The molecule has 0 amide bonds. The molecule has 1 rings (SSSR count). The Balaban J connectivity index is 2.22. The lowest BCUT2D eigenvalue weighted by molar-refractivity contribution is 0.309. The quantitative estimate of drug-likeness (QED) is 0.684. The highest BCUT2D eigenvalue weighted by Crippen LogP contribution is 1.96. The zero-order chi connectivity index (χ0) is 12.5. The summed E-state index contributed by atoms with van der Waals surface area (Å²) < 4.78 is 1.75. The van der Waals surface area contributed by atoms with Crippen molar-refractivity contribution in [1.29, 1.82) is 0 Å². The van der Waals surface area contributed by atoms with Crippen LogP contribution < -0.4 is 11.3 Å². The molecule has 0 radical (unpaired) electrons. The van der Waals surface area contributed by atoms with Gasteiger partial charge in [-0.2, -0.15) is 0 Å². The summed E-state index contributed by atoms with van der Waals surface area (Å²) in [4.78, 5) is 13.7. The predicted molar refractivity (Wildman–Crippen MR) is 71.1 cm³/mol. The minimum atomic E-state index is 0.0732. The summed E-state index contributed by atoms with van der Waals surface area (Å²) in [6.45, 7) is 3.52. The van der Waals surface area contributed by atoms with Crippen LogP contribution in [0.1, 0.15) is 19.3 Å². The van der Waals surface area contributed by atoms with E-state index in [4.69, 9.17) is 5.73 Å². The Bertz CT molecular complexity index is 362. The second-order valence-electron chi connectivity index (χ2n) is 4.38. The molecule has 0 bridgehead atoms. The molecule has 0 aliphatic rings. The lowest BCUT2D eigenvalue weighted by Crippen LogP contribution is -2.28. The Morgan fingerprint density at radius 1 is 1.24 bits per heavy atom. The number of hydrogen-bond donors (Lipinski definition) is 1. The first-order valence-electron chi connectivity index (χ1n) is 6.28. The van der Waals surface area contributed by atoms with E-state index < -0.39 is 0 Å². The fourth-order valence-corrected chi connectivity index (χ4v) is 1.74. The average molecular weight is 237 g/mol. The van der Waals surface area contributed by atoms with Gasteiger partial charge in [0, 0.05) is 25.4 Å². The van der Waals surface area contributed by atoms with Crippen LogP contribution in [0.4, 0.5) is 0 Å². The number of rotatable bonds is 8. The maximum Gasteiger partial charge on any atom is 0.250 e. The van der Waals surface area contributed by atoms with Gasteiger partial charge in [-0.1, -0.05) is 12.5 Å². The van der Waals surface area contributed by atoms with Gasteiger partial charge in [0.2, 0.25) is 0 Å². The molecule has 4 nitrogen and oxygen atoms in total. The van der Waals surface area contributed by atoms with Crippen LogP contribution >= 0.6 is 0 Å². The molecular weight excluding hydrogens is 214 g/mol. The van der Waals surface area contributed by atoms with Gasteiger partial charge in [0.25, 0.3) is 5.56 Å². The Kier molecular flexibility index (Phi) is 6.58. The van der Waals surface area contributed by atoms with Crippen LogP contribution in [-0.4, -0.2) is 36.1 Å². The van der Waals surface area contributed by atoms with Gasteiger partial charge >= 0.3 is 0 Å². The first kappa shape index (κ1) is 13.9. The van der Waals surface area contributed by atoms with E-state index in [0.29, 0.717) is 0 Å². The molecule has 0 unspecified atom stereocenters. The SMILES string of the molecule is CN(CCCCCN)CCn1ccccc1=O. The first-order chi connectivity index (χ1) is 8.24. The molecular formula is C13H23N3O. The number of hydrogen-bond acceptors (Lipinski definition) is 3. The summed E-state index contributed by atoms with van der Waals surface area (Å²) >= 11 is 0. The van der Waals surface area contributed by atoms with Gasteiger partial charge in [0.05, 0.1) is 0 Å². The minimum Gasteiger partial charge on any atom is -0.330 e. The highest BCUT2D eigenvalue weighted by molar-refractivity contribution is 4.93. The molecule has 0 atom stereocenters. The van der Waals surface area contributed by atoms with Gasteiger partial charge in [-0.05, 0) is 39.0 Å². The van der Waals surface area contributed by atoms with Gasteiger partial charge < -0.3 is 15.2 Å². The number of likely N-dealkylation sites (N-methyl/N-ethyl adjacent to an activating group) is 1. The highest BCUT2D eigenvalue weighted by Gasteiger charge is 1.99. The zero-order valence-electron chi connectivity index (χ0n) is 10.6. The Hall–Kier alpha value is -1.13. The zero-order valence-corrected chi connectivity index (χ0v) is 10.6. The molecule has 0 aliphatic carbocycles. The Morgan fingerprint density at radius 2 is 2.06 bits per heavy atom. The number of aromatic nitrogens is 1. The van der Waals surface area contributed by atoms with Crippen molar-refractivity contribution in [2.24, 2.45) is 5.73 Å². The third kappa shape index (κ3) is 5.65. The van der Waals surface area contributed by atoms with E-state index in [0.717, 1.165) is 32.6 Å². The van der Waals surface area contributed by atoms with E-state index in [1.807, 2.05) is 12.3 Å². The molecule has 1 heterocycles. The molecule has 4 heteroatoms. The monoisotopic (exact) mass is 237 g/mol. The van der Waals surface area contributed by atoms with Gasteiger partial charge in [0.15, 0.2) is 0 Å². The van der Waals surface area contributed by atoms with Crippen molar-refractivity contribution in [2.75, 3.05) is 26.7 Å². The number of nitrogens with two attached hydrogens (primary N) is 1. The average Bonchev–Trinajstić information content (AvgIpc) is 2.34. The molecule has 0 saturated heterocycles. The summed E-state index contributed by atoms with van der Waals surface area (Å²) in [6.07, 6.45) is 5.31. The van der Waals surface area contributed by atoms with Crippen molar-refractivity contribution < 1.29 is 0 Å². The van der Waals surface area contributed by atoms with E-state index >= 15 is 0 Å². The number of unbranched alkanes of at least 4 members (excludes halogenated alkanes) is 2. The maximum absolute atomic E-state index is 11.5. The fraction of sp³-hybridized carbons (Fsp3) is 0.615. The largest absolute Gasteiger partial charge is 0.330 e. The van der Waals surface area contributed by atoms with Gasteiger partial charge in [-0.25, -0.2) is 0 Å². The van der Waals surface area contributed by atoms with Crippen LogP contribution in [-0.2, 0) is 6.54 Å². The second kappa shape index (κ2) is 8.03. The topological polar surface area (TPSA) is 51.3 Å². The molecule has 0 aromatic carbocycles. The maximum atomic E-state index is 11.5. The summed E-state index contributed by atoms with van der Waals surface area (Å²) in [5.74, 6) is 0. The molecule has 96 valence electrons. The van der Waals surface area contributed by atoms with Crippen LogP contribution in [0.5, 0.6) is 0 Å². The molecule has 2 N–H and O–H groups in total. The smallest absolute Gasteiger partial charge is 0.250 e. The fourth-order valence-electron chi connectivity index (χ4n) is 1.74. The van der Waals surface area contributed by atoms with Crippen molar-refractivity contribution in [3.63, 3.8) is 0 Å². The Morgan fingerprint density at radius 3 is 2.76 bits per heavy atom. The van der Waals surface area contributed by atoms with Crippen molar-refractivity contribution in [3.8, 4) is 0 Å². The Labute approximate surface area is 103 Å². The summed E-state index contributed by atoms with van der Waals surface area (Å²) in [6, 6.07) is 5.26. The van der Waals surface area contributed by atoms with E-state index in [-0.39, 0.29) is 5.56 Å². The standard InChI is InChI=1S/C13H23N3O/c1-15(9-5-2-4-8-14)11-12-16-10-6-3-7-13(16)17/h3,6-7,10H,2,4-5,8-9,11-12,14H2,1H3. The van der Waals surface area contributed by atoms with E-state index in [2.05, 4.69) is 11.9 Å². The van der Waals surface area contributed by atoms with Crippen LogP contribution in [0.3, 0.4) is 0 Å².